The Labute approximate surface area is 108 Å². The molecular formula is C14H21N3O. The first-order valence-electron chi connectivity index (χ1n) is 6.61. The number of nitrogens with one attached hydrogen (secondary N) is 1. The number of hydrogen-bond donors (Lipinski definition) is 2. The van der Waals surface area contributed by atoms with Gasteiger partial charge in [-0.3, -0.25) is 4.90 Å². The average Bonchev–Trinajstić information content (AvgIpc) is 2.35. The minimum atomic E-state index is 0.00250. The zero-order valence-electron chi connectivity index (χ0n) is 10.9. The first-order valence-corrected chi connectivity index (χ1v) is 6.61. The van der Waals surface area contributed by atoms with E-state index in [0.717, 1.165) is 24.1 Å². The monoisotopic (exact) mass is 247 g/mol. The van der Waals surface area contributed by atoms with Gasteiger partial charge in [0.2, 0.25) is 0 Å². The third-order valence-corrected chi connectivity index (χ3v) is 3.48. The first kappa shape index (κ1) is 12.9. The van der Waals surface area contributed by atoms with Crippen LogP contribution in [0.4, 0.5) is 10.5 Å². The molecule has 0 atom stereocenters. The number of benzene rings is 1. The summed E-state index contributed by atoms with van der Waals surface area (Å²) in [7, 11) is 0. The van der Waals surface area contributed by atoms with Crippen LogP contribution >= 0.6 is 0 Å². The summed E-state index contributed by atoms with van der Waals surface area (Å²) in [6, 6.07) is 8.21. The highest BCUT2D eigenvalue weighted by atomic mass is 16.2. The van der Waals surface area contributed by atoms with Gasteiger partial charge >= 0.3 is 6.03 Å². The van der Waals surface area contributed by atoms with Crippen molar-refractivity contribution in [1.29, 1.82) is 0 Å². The fraction of sp³-hybridized carbons (Fsp3) is 0.500. The van der Waals surface area contributed by atoms with E-state index in [-0.39, 0.29) is 6.03 Å². The molecule has 0 aromatic heterocycles. The van der Waals surface area contributed by atoms with E-state index >= 15 is 0 Å². The molecule has 3 N–H and O–H groups in total. The molecule has 2 amide bonds. The van der Waals surface area contributed by atoms with E-state index in [1.54, 1.807) is 4.90 Å². The predicted molar refractivity (Wildman–Crippen MR) is 73.5 cm³/mol. The molecule has 1 aliphatic carbocycles. The molecule has 1 fully saturated rings. The fourth-order valence-corrected chi connectivity index (χ4v) is 2.06. The van der Waals surface area contributed by atoms with Crippen molar-refractivity contribution in [3.8, 4) is 0 Å². The minimum Gasteiger partial charge on any atom is -0.335 e. The van der Waals surface area contributed by atoms with Crippen LogP contribution in [0.15, 0.2) is 24.3 Å². The van der Waals surface area contributed by atoms with Crippen molar-refractivity contribution >= 4 is 11.7 Å². The average molecular weight is 247 g/mol. The van der Waals surface area contributed by atoms with Gasteiger partial charge in [-0.2, -0.15) is 0 Å². The number of nitrogens with zero attached hydrogens (tertiary/aromatic N) is 1. The third kappa shape index (κ3) is 2.82. The van der Waals surface area contributed by atoms with Crippen molar-refractivity contribution < 1.29 is 4.79 Å². The predicted octanol–water partition coefficient (Wildman–Crippen LogP) is 2.23. The van der Waals surface area contributed by atoms with Crippen LogP contribution in [0.5, 0.6) is 0 Å². The molecule has 0 bridgehead atoms. The minimum absolute atomic E-state index is 0.00250. The molecule has 1 saturated carbocycles. The van der Waals surface area contributed by atoms with Gasteiger partial charge in [0.05, 0.1) is 0 Å². The number of urea groups is 1. The lowest BCUT2D eigenvalue weighted by atomic mass is 9.93. The molecule has 0 radical (unpaired) electrons. The van der Waals surface area contributed by atoms with E-state index in [0.29, 0.717) is 19.1 Å². The summed E-state index contributed by atoms with van der Waals surface area (Å²) in [6.45, 7) is 3.18. The summed E-state index contributed by atoms with van der Waals surface area (Å²) in [5.74, 6) is 0. The topological polar surface area (TPSA) is 58.4 Å². The van der Waals surface area contributed by atoms with E-state index in [4.69, 9.17) is 5.73 Å². The maximum atomic E-state index is 12.1. The molecule has 2 rings (SSSR count). The Morgan fingerprint density at radius 3 is 2.50 bits per heavy atom. The summed E-state index contributed by atoms with van der Waals surface area (Å²) < 4.78 is 0. The van der Waals surface area contributed by atoms with Crippen LogP contribution in [-0.2, 0) is 6.54 Å². The number of carbonyl (C=O) groups is 1. The second-order valence-corrected chi connectivity index (χ2v) is 4.69. The highest BCUT2D eigenvalue weighted by molar-refractivity contribution is 5.92. The van der Waals surface area contributed by atoms with Crippen molar-refractivity contribution in [2.75, 3.05) is 11.4 Å². The Morgan fingerprint density at radius 1 is 1.39 bits per heavy atom. The van der Waals surface area contributed by atoms with Crippen LogP contribution in [-0.4, -0.2) is 18.6 Å². The molecule has 0 saturated heterocycles. The molecule has 1 aliphatic rings. The molecule has 1 aromatic rings. The number of amides is 2. The van der Waals surface area contributed by atoms with E-state index in [9.17, 15) is 4.79 Å². The number of hydrogen-bond acceptors (Lipinski definition) is 2. The van der Waals surface area contributed by atoms with Gasteiger partial charge in [-0.1, -0.05) is 12.1 Å². The molecule has 0 aliphatic heterocycles. The first-order chi connectivity index (χ1) is 8.74. The molecule has 98 valence electrons. The summed E-state index contributed by atoms with van der Waals surface area (Å²) in [4.78, 5) is 13.9. The lowest BCUT2D eigenvalue weighted by Crippen LogP contribution is -2.47. The van der Waals surface area contributed by atoms with Crippen molar-refractivity contribution in [2.45, 2.75) is 38.8 Å². The highest BCUT2D eigenvalue weighted by Gasteiger charge is 2.22. The maximum Gasteiger partial charge on any atom is 0.322 e. The second-order valence-electron chi connectivity index (χ2n) is 4.69. The quantitative estimate of drug-likeness (QED) is 0.857. The van der Waals surface area contributed by atoms with Crippen LogP contribution < -0.4 is 16.0 Å². The standard InChI is InChI=1S/C14H21N3O/c1-2-17(14(18)16-12-4-3-5-12)13-8-6-11(10-15)7-9-13/h6-9,12H,2-5,10,15H2,1H3,(H,16,18). The number of carbonyl (C=O) groups excluding carboxylic acids is 1. The Bertz CT molecular complexity index is 398. The summed E-state index contributed by atoms with van der Waals surface area (Å²) >= 11 is 0. The van der Waals surface area contributed by atoms with Crippen LogP contribution in [0.3, 0.4) is 0 Å². The normalized spacial score (nSPS) is 15.0. The van der Waals surface area contributed by atoms with Crippen LogP contribution in [0.1, 0.15) is 31.7 Å². The molecule has 1 aromatic carbocycles. The number of anilines is 1. The van der Waals surface area contributed by atoms with Crippen molar-refractivity contribution in [3.05, 3.63) is 29.8 Å². The third-order valence-electron chi connectivity index (χ3n) is 3.48. The van der Waals surface area contributed by atoms with Gasteiger partial charge in [0.1, 0.15) is 0 Å². The zero-order valence-corrected chi connectivity index (χ0v) is 10.9. The SMILES string of the molecule is CCN(C(=O)NC1CCC1)c1ccc(CN)cc1. The lowest BCUT2D eigenvalue weighted by molar-refractivity contribution is 0.234. The molecule has 0 heterocycles. The van der Waals surface area contributed by atoms with E-state index in [2.05, 4.69) is 5.32 Å². The molecule has 4 heteroatoms. The Balaban J connectivity index is 2.03. The van der Waals surface area contributed by atoms with Gasteiger partial charge in [-0.25, -0.2) is 4.79 Å². The van der Waals surface area contributed by atoms with Gasteiger partial charge in [0.15, 0.2) is 0 Å². The molecule has 0 spiro atoms. The fourth-order valence-electron chi connectivity index (χ4n) is 2.06. The molecule has 0 unspecified atom stereocenters. The van der Waals surface area contributed by atoms with Gasteiger partial charge in [-0.15, -0.1) is 0 Å². The lowest BCUT2D eigenvalue weighted by Gasteiger charge is -2.30. The smallest absolute Gasteiger partial charge is 0.322 e. The number of nitrogens with two attached hydrogens (primary N) is 1. The van der Waals surface area contributed by atoms with Gasteiger partial charge in [-0.05, 0) is 43.9 Å². The molecular weight excluding hydrogens is 226 g/mol. The number of rotatable bonds is 4. The van der Waals surface area contributed by atoms with Crippen LogP contribution in [0.25, 0.3) is 0 Å². The molecule has 4 nitrogen and oxygen atoms in total. The zero-order chi connectivity index (χ0) is 13.0. The Morgan fingerprint density at radius 2 is 2.06 bits per heavy atom. The largest absolute Gasteiger partial charge is 0.335 e. The van der Waals surface area contributed by atoms with Crippen LogP contribution in [0.2, 0.25) is 0 Å². The van der Waals surface area contributed by atoms with Crippen molar-refractivity contribution in [2.24, 2.45) is 5.73 Å². The summed E-state index contributed by atoms with van der Waals surface area (Å²) in [5.41, 5.74) is 7.57. The van der Waals surface area contributed by atoms with Crippen molar-refractivity contribution in [3.63, 3.8) is 0 Å². The van der Waals surface area contributed by atoms with E-state index in [1.165, 1.54) is 6.42 Å². The Hall–Kier alpha value is -1.55. The second kappa shape index (κ2) is 5.87. The van der Waals surface area contributed by atoms with Gasteiger partial charge in [0, 0.05) is 24.8 Å². The van der Waals surface area contributed by atoms with E-state index in [1.807, 2.05) is 31.2 Å². The summed E-state index contributed by atoms with van der Waals surface area (Å²) in [5, 5.41) is 3.06. The van der Waals surface area contributed by atoms with Gasteiger partial charge in [0.25, 0.3) is 0 Å². The van der Waals surface area contributed by atoms with Crippen LogP contribution in [0, 0.1) is 0 Å². The Kier molecular flexibility index (Phi) is 4.20. The highest BCUT2D eigenvalue weighted by Crippen LogP contribution is 2.20. The van der Waals surface area contributed by atoms with E-state index < -0.39 is 0 Å². The molecule has 18 heavy (non-hydrogen) atoms. The van der Waals surface area contributed by atoms with Gasteiger partial charge < -0.3 is 11.1 Å². The van der Waals surface area contributed by atoms with Crippen molar-refractivity contribution in [1.82, 2.24) is 5.32 Å². The summed E-state index contributed by atoms with van der Waals surface area (Å²) in [6.07, 6.45) is 3.44. The maximum absolute atomic E-state index is 12.1.